The summed E-state index contributed by atoms with van der Waals surface area (Å²) in [4.78, 5) is 33.9. The number of aliphatic hydroxyl groups is 2. The molecule has 6 N–H and O–H groups in total. The zero-order valence-corrected chi connectivity index (χ0v) is 10.7. The van der Waals surface area contributed by atoms with Crippen molar-refractivity contribution in [1.82, 2.24) is 4.98 Å². The number of nitrogens with zero attached hydrogens (tertiary/aromatic N) is 1. The van der Waals surface area contributed by atoms with Crippen molar-refractivity contribution in [1.29, 1.82) is 0 Å². The van der Waals surface area contributed by atoms with E-state index in [2.05, 4.69) is 4.98 Å². The van der Waals surface area contributed by atoms with E-state index < -0.39 is 28.7 Å². The molecule has 20 heavy (non-hydrogen) atoms. The molecule has 0 radical (unpaired) electrons. The normalized spacial score (nSPS) is 12.5. The van der Waals surface area contributed by atoms with Crippen molar-refractivity contribution in [3.05, 3.63) is 30.1 Å². The molecule has 0 spiro atoms. The summed E-state index contributed by atoms with van der Waals surface area (Å²) < 4.78 is 0. The van der Waals surface area contributed by atoms with Crippen LogP contribution in [0.2, 0.25) is 0 Å². The number of aliphatic carboxylic acids is 2. The monoisotopic (exact) mass is 304 g/mol. The zero-order valence-electron chi connectivity index (χ0n) is 9.91. The molecular weight excluding hydrogens is 292 g/mol. The first-order valence-electron chi connectivity index (χ1n) is 4.92. The van der Waals surface area contributed by atoms with E-state index in [9.17, 15) is 14.4 Å². The third-order valence-corrected chi connectivity index (χ3v) is 2.56. The van der Waals surface area contributed by atoms with Crippen LogP contribution in [0.4, 0.5) is 0 Å². The third-order valence-electron chi connectivity index (χ3n) is 1.65. The number of amides is 1. The lowest BCUT2D eigenvalue weighted by Crippen LogP contribution is -2.24. The van der Waals surface area contributed by atoms with Gasteiger partial charge in [0, 0.05) is 18.0 Å². The minimum atomic E-state index is -1.92. The Hall–Kier alpha value is -2.17. The highest BCUT2D eigenvalue weighted by Gasteiger charge is 2.23. The van der Waals surface area contributed by atoms with Gasteiger partial charge in [-0.15, -0.1) is 0 Å². The van der Waals surface area contributed by atoms with Crippen molar-refractivity contribution < 1.29 is 34.8 Å². The van der Waals surface area contributed by atoms with Crippen LogP contribution >= 0.6 is 11.8 Å². The van der Waals surface area contributed by atoms with Crippen LogP contribution in [0.1, 0.15) is 10.4 Å². The van der Waals surface area contributed by atoms with Gasteiger partial charge >= 0.3 is 11.9 Å². The van der Waals surface area contributed by atoms with E-state index >= 15 is 0 Å². The van der Waals surface area contributed by atoms with E-state index in [0.717, 1.165) is 0 Å². The highest BCUT2D eigenvalue weighted by molar-refractivity contribution is 8.01. The van der Waals surface area contributed by atoms with Crippen molar-refractivity contribution in [3.8, 4) is 0 Å². The molecule has 1 rings (SSSR count). The zero-order chi connectivity index (χ0) is 15.7. The number of hydrogen-bond donors (Lipinski definition) is 5. The molecule has 0 saturated carbocycles. The van der Waals surface area contributed by atoms with Crippen LogP contribution in [0.15, 0.2) is 24.5 Å². The summed E-state index contributed by atoms with van der Waals surface area (Å²) in [5, 5.41) is 33.0. The molecule has 1 amide bonds. The molecule has 0 aliphatic heterocycles. The minimum Gasteiger partial charge on any atom is -0.479 e. The number of carboxylic acids is 2. The van der Waals surface area contributed by atoms with Gasteiger partial charge in [0.15, 0.2) is 0 Å². The molecule has 0 aliphatic carbocycles. The van der Waals surface area contributed by atoms with E-state index in [1.807, 2.05) is 0 Å². The van der Waals surface area contributed by atoms with Gasteiger partial charge in [-0.1, -0.05) is 11.8 Å². The average Bonchev–Trinajstić information content (AvgIpc) is 2.40. The quantitative estimate of drug-likeness (QED) is 0.415. The summed E-state index contributed by atoms with van der Waals surface area (Å²) in [6, 6.07) is 3.14. The van der Waals surface area contributed by atoms with E-state index in [-0.39, 0.29) is 11.8 Å². The molecule has 0 aromatic carbocycles. The van der Waals surface area contributed by atoms with Gasteiger partial charge in [-0.3, -0.25) is 9.78 Å². The number of thioether (sulfide) groups is 1. The van der Waals surface area contributed by atoms with E-state index in [1.54, 1.807) is 12.1 Å². The first-order valence-corrected chi connectivity index (χ1v) is 5.87. The second-order valence-corrected chi connectivity index (χ2v) is 4.28. The predicted molar refractivity (Wildman–Crippen MR) is 67.6 cm³/mol. The molecule has 1 aromatic rings. The van der Waals surface area contributed by atoms with Crippen molar-refractivity contribution in [2.75, 3.05) is 0 Å². The molecule has 9 nitrogen and oxygen atoms in total. The van der Waals surface area contributed by atoms with Crippen molar-refractivity contribution in [2.45, 2.75) is 10.9 Å². The highest BCUT2D eigenvalue weighted by Crippen LogP contribution is 2.13. The summed E-state index contributed by atoms with van der Waals surface area (Å²) in [6.07, 6.45) is 3.06. The second kappa shape index (κ2) is 8.85. The van der Waals surface area contributed by atoms with Crippen molar-refractivity contribution in [2.24, 2.45) is 5.73 Å². The van der Waals surface area contributed by atoms with Crippen LogP contribution < -0.4 is 5.73 Å². The number of aliphatic hydroxyl groups excluding tert-OH is 2. The van der Waals surface area contributed by atoms with E-state index in [1.165, 1.54) is 12.4 Å². The number of carbonyl (C=O) groups is 3. The average molecular weight is 304 g/mol. The first-order chi connectivity index (χ1) is 9.25. The Bertz CT molecular complexity index is 450. The summed E-state index contributed by atoms with van der Waals surface area (Å²) in [7, 11) is 0. The standard InChI is InChI=1S/C6H6N2O.C4H6O6S/c7-6(9)5-1-3-8-4-2-5;5-1(6)3(9)11-4(10)2(7)8/h1-4H,(H2,7,9);3-4,9-10H,(H,5,6)(H,7,8). The highest BCUT2D eigenvalue weighted by atomic mass is 32.2. The molecular formula is C10H12N2O7S. The van der Waals surface area contributed by atoms with Gasteiger partial charge in [-0.2, -0.15) is 0 Å². The van der Waals surface area contributed by atoms with Gasteiger partial charge in [0.2, 0.25) is 16.8 Å². The number of rotatable bonds is 5. The Morgan fingerprint density at radius 1 is 1.05 bits per heavy atom. The first kappa shape index (κ1) is 17.8. The molecule has 110 valence electrons. The van der Waals surface area contributed by atoms with Crippen molar-refractivity contribution >= 4 is 29.6 Å². The van der Waals surface area contributed by atoms with Crippen LogP contribution in [0.25, 0.3) is 0 Å². The lowest BCUT2D eigenvalue weighted by Gasteiger charge is -2.06. The van der Waals surface area contributed by atoms with Crippen LogP contribution in [0.3, 0.4) is 0 Å². The summed E-state index contributed by atoms with van der Waals surface area (Å²) in [5.74, 6) is -3.59. The van der Waals surface area contributed by atoms with Crippen LogP contribution in [-0.2, 0) is 9.59 Å². The molecule has 10 heteroatoms. The summed E-state index contributed by atoms with van der Waals surface area (Å²) in [5.41, 5.74) is 1.61. The topological polar surface area (TPSA) is 171 Å². The fourth-order valence-electron chi connectivity index (χ4n) is 0.755. The Kier molecular flexibility index (Phi) is 7.89. The second-order valence-electron chi connectivity index (χ2n) is 3.12. The summed E-state index contributed by atoms with van der Waals surface area (Å²) >= 11 is 0.0278. The fourth-order valence-corrected chi connectivity index (χ4v) is 1.23. The van der Waals surface area contributed by atoms with Gasteiger partial charge < -0.3 is 26.2 Å². The maximum absolute atomic E-state index is 10.4. The molecule has 2 atom stereocenters. The number of pyridine rings is 1. The molecule has 0 bridgehead atoms. The SMILES string of the molecule is NC(=O)c1ccncc1.O=C(O)C(O)SC(O)C(=O)O. The van der Waals surface area contributed by atoms with E-state index in [4.69, 9.17) is 26.2 Å². The smallest absolute Gasteiger partial charge is 0.343 e. The van der Waals surface area contributed by atoms with Crippen LogP contribution in [0, 0.1) is 0 Å². The number of primary amides is 1. The number of hydrogen-bond acceptors (Lipinski definition) is 7. The van der Waals surface area contributed by atoms with Gasteiger partial charge in [0.1, 0.15) is 0 Å². The third kappa shape index (κ3) is 7.31. The fraction of sp³-hybridized carbons (Fsp3) is 0.200. The molecule has 1 aromatic heterocycles. The Morgan fingerprint density at radius 2 is 1.45 bits per heavy atom. The maximum Gasteiger partial charge on any atom is 0.343 e. The Balaban J connectivity index is 0.000000367. The van der Waals surface area contributed by atoms with Gasteiger partial charge in [0.25, 0.3) is 0 Å². The van der Waals surface area contributed by atoms with Crippen LogP contribution in [-0.4, -0.2) is 54.1 Å². The molecule has 0 saturated heterocycles. The minimum absolute atomic E-state index is 0.0278. The number of aromatic nitrogens is 1. The molecule has 0 aliphatic rings. The van der Waals surface area contributed by atoms with Gasteiger partial charge in [-0.25, -0.2) is 9.59 Å². The molecule has 0 fully saturated rings. The lowest BCUT2D eigenvalue weighted by atomic mass is 10.3. The number of carbonyl (C=O) groups excluding carboxylic acids is 1. The van der Waals surface area contributed by atoms with Crippen molar-refractivity contribution in [3.63, 3.8) is 0 Å². The number of nitrogens with two attached hydrogens (primary N) is 1. The Labute approximate surface area is 117 Å². The Morgan fingerprint density at radius 3 is 1.70 bits per heavy atom. The van der Waals surface area contributed by atoms with E-state index in [0.29, 0.717) is 5.56 Å². The number of carboxylic acid groups (broad SMARTS) is 2. The molecule has 1 heterocycles. The predicted octanol–water partition coefficient (Wildman–Crippen LogP) is -1.29. The van der Waals surface area contributed by atoms with Crippen LogP contribution in [0.5, 0.6) is 0 Å². The van der Waals surface area contributed by atoms with Gasteiger partial charge in [0.05, 0.1) is 0 Å². The maximum atomic E-state index is 10.4. The summed E-state index contributed by atoms with van der Waals surface area (Å²) in [6.45, 7) is 0. The lowest BCUT2D eigenvalue weighted by molar-refractivity contribution is -0.142. The largest absolute Gasteiger partial charge is 0.479 e. The van der Waals surface area contributed by atoms with Gasteiger partial charge in [-0.05, 0) is 12.1 Å². The molecule has 2 unspecified atom stereocenters.